The molecule has 1 aromatic rings. The molecule has 0 aliphatic rings. The monoisotopic (exact) mass is 298 g/mol. The number of hydrogen-bond acceptors (Lipinski definition) is 2. The van der Waals surface area contributed by atoms with Crippen LogP contribution >= 0.6 is 15.9 Å². The van der Waals surface area contributed by atoms with E-state index in [4.69, 9.17) is 0 Å². The molecule has 0 bridgehead atoms. The molecular formula is C14H23BrN2. The highest BCUT2D eigenvalue weighted by molar-refractivity contribution is 9.10. The van der Waals surface area contributed by atoms with Gasteiger partial charge in [0.1, 0.15) is 0 Å². The van der Waals surface area contributed by atoms with Gasteiger partial charge in [-0.05, 0) is 66.0 Å². The molecule has 0 heterocycles. The van der Waals surface area contributed by atoms with Crippen molar-refractivity contribution in [3.05, 3.63) is 28.2 Å². The molecule has 1 aromatic carbocycles. The van der Waals surface area contributed by atoms with Crippen LogP contribution in [0.3, 0.4) is 0 Å². The van der Waals surface area contributed by atoms with E-state index in [2.05, 4.69) is 65.5 Å². The lowest BCUT2D eigenvalue weighted by Crippen LogP contribution is -2.29. The summed E-state index contributed by atoms with van der Waals surface area (Å²) in [5.41, 5.74) is 2.45. The first-order valence-electron chi connectivity index (χ1n) is 6.19. The zero-order valence-corrected chi connectivity index (χ0v) is 12.8. The van der Waals surface area contributed by atoms with Gasteiger partial charge in [0, 0.05) is 16.7 Å². The van der Waals surface area contributed by atoms with Gasteiger partial charge in [0.15, 0.2) is 0 Å². The predicted molar refractivity (Wildman–Crippen MR) is 79.6 cm³/mol. The van der Waals surface area contributed by atoms with Gasteiger partial charge in [-0.25, -0.2) is 0 Å². The van der Waals surface area contributed by atoms with Gasteiger partial charge in [0.25, 0.3) is 0 Å². The first kappa shape index (κ1) is 14.5. The molecule has 0 aliphatic heterocycles. The lowest BCUT2D eigenvalue weighted by molar-refractivity contribution is 0.390. The van der Waals surface area contributed by atoms with Gasteiger partial charge >= 0.3 is 0 Å². The number of nitrogens with one attached hydrogen (secondary N) is 2. The second kappa shape index (κ2) is 7.02. The Morgan fingerprint density at radius 1 is 1.24 bits per heavy atom. The summed E-state index contributed by atoms with van der Waals surface area (Å²) >= 11 is 3.60. The third-order valence-corrected chi connectivity index (χ3v) is 3.74. The number of hydrogen-bond donors (Lipinski definition) is 2. The molecule has 0 saturated carbocycles. The van der Waals surface area contributed by atoms with Crippen molar-refractivity contribution in [3.8, 4) is 0 Å². The fraction of sp³-hybridized carbons (Fsp3) is 0.571. The van der Waals surface area contributed by atoms with Crippen LogP contribution < -0.4 is 10.6 Å². The number of anilines is 1. The van der Waals surface area contributed by atoms with Crippen LogP contribution in [0.15, 0.2) is 22.7 Å². The number of rotatable bonds is 6. The van der Waals surface area contributed by atoms with Crippen molar-refractivity contribution in [1.82, 2.24) is 5.32 Å². The Bertz CT molecular complexity index is 350. The Balaban J connectivity index is 2.59. The van der Waals surface area contributed by atoms with Crippen molar-refractivity contribution < 1.29 is 0 Å². The van der Waals surface area contributed by atoms with Crippen LogP contribution in [0.25, 0.3) is 0 Å². The summed E-state index contributed by atoms with van der Waals surface area (Å²) in [7, 11) is 2.01. The topological polar surface area (TPSA) is 24.1 Å². The van der Waals surface area contributed by atoms with Crippen molar-refractivity contribution in [2.45, 2.75) is 20.8 Å². The minimum Gasteiger partial charge on any atom is -0.384 e. The molecule has 0 aromatic heterocycles. The van der Waals surface area contributed by atoms with E-state index in [1.54, 1.807) is 0 Å². The van der Waals surface area contributed by atoms with Gasteiger partial charge in [-0.15, -0.1) is 0 Å². The maximum absolute atomic E-state index is 3.60. The number of halogens is 1. The first-order valence-corrected chi connectivity index (χ1v) is 6.98. The zero-order chi connectivity index (χ0) is 12.8. The average molecular weight is 299 g/mol. The molecule has 1 unspecified atom stereocenters. The van der Waals surface area contributed by atoms with Crippen LogP contribution in [0.5, 0.6) is 0 Å². The largest absolute Gasteiger partial charge is 0.384 e. The SMILES string of the molecule is CNCC(CNc1ccc(C)cc1Br)C(C)C. The van der Waals surface area contributed by atoms with E-state index in [1.165, 1.54) is 11.3 Å². The molecule has 1 atom stereocenters. The zero-order valence-electron chi connectivity index (χ0n) is 11.2. The molecule has 17 heavy (non-hydrogen) atoms. The van der Waals surface area contributed by atoms with Gasteiger partial charge in [0.2, 0.25) is 0 Å². The molecule has 0 radical (unpaired) electrons. The van der Waals surface area contributed by atoms with Crippen LogP contribution in [0.2, 0.25) is 0 Å². The summed E-state index contributed by atoms with van der Waals surface area (Å²) in [4.78, 5) is 0. The second-order valence-electron chi connectivity index (χ2n) is 4.93. The van der Waals surface area contributed by atoms with Gasteiger partial charge in [0.05, 0.1) is 0 Å². The summed E-state index contributed by atoms with van der Waals surface area (Å²) in [5.74, 6) is 1.33. The van der Waals surface area contributed by atoms with Crippen LogP contribution in [-0.2, 0) is 0 Å². The van der Waals surface area contributed by atoms with Crippen LogP contribution in [0.1, 0.15) is 19.4 Å². The summed E-state index contributed by atoms with van der Waals surface area (Å²) < 4.78 is 1.14. The van der Waals surface area contributed by atoms with E-state index in [9.17, 15) is 0 Å². The summed E-state index contributed by atoms with van der Waals surface area (Å²) in [6.07, 6.45) is 0. The highest BCUT2D eigenvalue weighted by Gasteiger charge is 2.12. The molecule has 1 rings (SSSR count). The van der Waals surface area contributed by atoms with Gasteiger partial charge < -0.3 is 10.6 Å². The molecule has 3 heteroatoms. The van der Waals surface area contributed by atoms with Crippen molar-refractivity contribution in [2.24, 2.45) is 11.8 Å². The molecule has 0 aliphatic carbocycles. The van der Waals surface area contributed by atoms with E-state index >= 15 is 0 Å². The highest BCUT2D eigenvalue weighted by atomic mass is 79.9. The Morgan fingerprint density at radius 2 is 1.94 bits per heavy atom. The summed E-state index contributed by atoms with van der Waals surface area (Å²) in [5, 5.41) is 6.78. The minimum atomic E-state index is 0.646. The summed E-state index contributed by atoms with van der Waals surface area (Å²) in [6.45, 7) is 8.70. The van der Waals surface area contributed by atoms with Crippen molar-refractivity contribution in [3.63, 3.8) is 0 Å². The lowest BCUT2D eigenvalue weighted by atomic mass is 9.95. The third-order valence-electron chi connectivity index (χ3n) is 3.09. The van der Waals surface area contributed by atoms with Crippen LogP contribution in [0.4, 0.5) is 5.69 Å². The highest BCUT2D eigenvalue weighted by Crippen LogP contribution is 2.24. The Hall–Kier alpha value is -0.540. The predicted octanol–water partition coefficient (Wildman–Crippen LogP) is 3.66. The van der Waals surface area contributed by atoms with Crippen LogP contribution in [-0.4, -0.2) is 20.1 Å². The smallest absolute Gasteiger partial charge is 0.0484 e. The van der Waals surface area contributed by atoms with Crippen molar-refractivity contribution >= 4 is 21.6 Å². The molecule has 0 saturated heterocycles. The average Bonchev–Trinajstić information content (AvgIpc) is 2.25. The fourth-order valence-electron chi connectivity index (χ4n) is 1.81. The third kappa shape index (κ3) is 4.68. The van der Waals surface area contributed by atoms with Gasteiger partial charge in [-0.3, -0.25) is 0 Å². The lowest BCUT2D eigenvalue weighted by Gasteiger charge is -2.22. The molecule has 0 spiro atoms. The van der Waals surface area contributed by atoms with Gasteiger partial charge in [-0.1, -0.05) is 19.9 Å². The van der Waals surface area contributed by atoms with Crippen molar-refractivity contribution in [2.75, 3.05) is 25.5 Å². The standard InChI is InChI=1S/C14H23BrN2/c1-10(2)12(8-16-4)9-17-14-6-5-11(3)7-13(14)15/h5-7,10,12,16-17H,8-9H2,1-4H3. The number of aryl methyl sites for hydroxylation is 1. The second-order valence-corrected chi connectivity index (χ2v) is 5.78. The fourth-order valence-corrected chi connectivity index (χ4v) is 2.44. The normalized spacial score (nSPS) is 12.8. The minimum absolute atomic E-state index is 0.646. The van der Waals surface area contributed by atoms with Crippen molar-refractivity contribution in [1.29, 1.82) is 0 Å². The molecule has 2 N–H and O–H groups in total. The Labute approximate surface area is 113 Å². The molecule has 96 valence electrons. The van der Waals surface area contributed by atoms with Crippen LogP contribution in [0, 0.1) is 18.8 Å². The maximum Gasteiger partial charge on any atom is 0.0484 e. The van der Waals surface area contributed by atoms with E-state index in [-0.39, 0.29) is 0 Å². The first-order chi connectivity index (χ1) is 8.04. The molecular weight excluding hydrogens is 276 g/mol. The van der Waals surface area contributed by atoms with E-state index < -0.39 is 0 Å². The molecule has 2 nitrogen and oxygen atoms in total. The van der Waals surface area contributed by atoms with E-state index in [0.717, 1.165) is 17.6 Å². The molecule has 0 fully saturated rings. The summed E-state index contributed by atoms with van der Waals surface area (Å²) in [6, 6.07) is 6.41. The van der Waals surface area contributed by atoms with E-state index in [1.807, 2.05) is 7.05 Å². The van der Waals surface area contributed by atoms with Gasteiger partial charge in [-0.2, -0.15) is 0 Å². The molecule has 0 amide bonds. The van der Waals surface area contributed by atoms with E-state index in [0.29, 0.717) is 11.8 Å². The Morgan fingerprint density at radius 3 is 2.47 bits per heavy atom. The quantitative estimate of drug-likeness (QED) is 0.837. The number of benzene rings is 1. The maximum atomic E-state index is 3.60. The Kier molecular flexibility index (Phi) is 6.00.